The molecule has 0 aromatic heterocycles. The van der Waals surface area contributed by atoms with Crippen LogP contribution in [0.15, 0.2) is 133 Å². The van der Waals surface area contributed by atoms with E-state index in [1.807, 2.05) is 96.9 Å². The molecule has 0 saturated carbocycles. The Hall–Kier alpha value is -4.21. The summed E-state index contributed by atoms with van der Waals surface area (Å²) < 4.78 is 0. The van der Waals surface area contributed by atoms with Gasteiger partial charge in [-0.05, 0) is 22.3 Å². The molecule has 0 spiro atoms. The van der Waals surface area contributed by atoms with Crippen LogP contribution in [0.5, 0.6) is 0 Å². The molecule has 5 rings (SSSR count). The number of nitrogens with zero attached hydrogens (tertiary/aromatic N) is 2. The molecule has 0 unspecified atom stereocenters. The van der Waals surface area contributed by atoms with Gasteiger partial charge >= 0.3 is 0 Å². The van der Waals surface area contributed by atoms with Crippen molar-refractivity contribution in [3.63, 3.8) is 0 Å². The summed E-state index contributed by atoms with van der Waals surface area (Å²) in [5, 5.41) is 3.77. The van der Waals surface area contributed by atoms with Crippen LogP contribution < -0.4 is 0 Å². The quantitative estimate of drug-likeness (QED) is 0.290. The number of rotatable bonds is 7. The van der Waals surface area contributed by atoms with Gasteiger partial charge in [-0.25, -0.2) is 5.01 Å². The number of amides is 1. The molecule has 0 N–H and O–H groups in total. The highest BCUT2D eigenvalue weighted by Crippen LogP contribution is 2.57. The highest BCUT2D eigenvalue weighted by Gasteiger charge is 2.71. The van der Waals surface area contributed by atoms with Crippen molar-refractivity contribution >= 4 is 18.1 Å². The number of β-lactam (4-membered cyclic amide) rings is 1. The molecule has 4 aromatic rings. The lowest BCUT2D eigenvalue weighted by Crippen LogP contribution is -2.81. The van der Waals surface area contributed by atoms with Crippen LogP contribution in [0, 0.1) is 0 Å². The fourth-order valence-corrected chi connectivity index (χ4v) is 5.39. The SMILES string of the molecule is CN(C)N1C(=O)C(c2ccccc2)(c2ccccc2)C1(/C=C/c1ccccc1)/C=C/c1ccccc1. The summed E-state index contributed by atoms with van der Waals surface area (Å²) in [6.45, 7) is 0. The van der Waals surface area contributed by atoms with Crippen LogP contribution in [-0.2, 0) is 10.2 Å². The third-order valence-corrected chi connectivity index (χ3v) is 6.94. The van der Waals surface area contributed by atoms with Crippen molar-refractivity contribution in [3.05, 3.63) is 156 Å². The number of hydrazine groups is 1. The van der Waals surface area contributed by atoms with Gasteiger partial charge in [-0.1, -0.05) is 146 Å². The van der Waals surface area contributed by atoms with Crippen molar-refractivity contribution in [1.82, 2.24) is 10.0 Å². The zero-order valence-corrected chi connectivity index (χ0v) is 20.7. The van der Waals surface area contributed by atoms with E-state index in [2.05, 4.69) is 72.8 Å². The first-order chi connectivity index (χ1) is 17.6. The monoisotopic (exact) mass is 470 g/mol. The predicted molar refractivity (Wildman–Crippen MR) is 148 cm³/mol. The Balaban J connectivity index is 1.82. The summed E-state index contributed by atoms with van der Waals surface area (Å²) in [5.74, 6) is 0.0420. The maximum atomic E-state index is 14.4. The first-order valence-corrected chi connectivity index (χ1v) is 12.2. The van der Waals surface area contributed by atoms with Gasteiger partial charge in [-0.2, -0.15) is 0 Å². The molecule has 178 valence electrons. The number of hydrogen-bond donors (Lipinski definition) is 0. The molecule has 1 aliphatic rings. The Morgan fingerprint density at radius 3 is 1.31 bits per heavy atom. The van der Waals surface area contributed by atoms with E-state index in [-0.39, 0.29) is 5.91 Å². The van der Waals surface area contributed by atoms with Gasteiger partial charge in [-0.3, -0.25) is 9.80 Å². The molecule has 3 nitrogen and oxygen atoms in total. The lowest BCUT2D eigenvalue weighted by atomic mass is 9.53. The highest BCUT2D eigenvalue weighted by molar-refractivity contribution is 6.03. The molecule has 0 atom stereocenters. The first kappa shape index (κ1) is 23.5. The molecular weight excluding hydrogens is 440 g/mol. The third kappa shape index (κ3) is 3.78. The number of carbonyl (C=O) groups is 1. The van der Waals surface area contributed by atoms with Gasteiger partial charge in [0.05, 0.1) is 0 Å². The van der Waals surface area contributed by atoms with Crippen molar-refractivity contribution in [3.8, 4) is 0 Å². The Morgan fingerprint density at radius 2 is 0.944 bits per heavy atom. The Labute approximate surface area is 213 Å². The van der Waals surface area contributed by atoms with Crippen molar-refractivity contribution in [2.24, 2.45) is 0 Å². The average Bonchev–Trinajstić information content (AvgIpc) is 2.92. The van der Waals surface area contributed by atoms with E-state index < -0.39 is 11.0 Å². The molecule has 1 heterocycles. The molecule has 0 bridgehead atoms. The fraction of sp³-hybridized carbons (Fsp3) is 0.121. The molecule has 0 aliphatic carbocycles. The minimum atomic E-state index is -0.934. The van der Waals surface area contributed by atoms with Crippen LogP contribution in [-0.4, -0.2) is 35.6 Å². The second-order valence-corrected chi connectivity index (χ2v) is 9.26. The largest absolute Gasteiger partial charge is 0.272 e. The minimum absolute atomic E-state index is 0.0420. The molecule has 1 fully saturated rings. The first-order valence-electron chi connectivity index (χ1n) is 12.2. The molecule has 4 aromatic carbocycles. The summed E-state index contributed by atoms with van der Waals surface area (Å²) in [7, 11) is 3.86. The molecular formula is C33H30N2O. The smallest absolute Gasteiger partial charge is 0.256 e. The van der Waals surface area contributed by atoms with Gasteiger partial charge < -0.3 is 0 Å². The maximum Gasteiger partial charge on any atom is 0.256 e. The van der Waals surface area contributed by atoms with E-state index in [4.69, 9.17) is 0 Å². The molecule has 36 heavy (non-hydrogen) atoms. The molecule has 1 aliphatic heterocycles. The van der Waals surface area contributed by atoms with E-state index in [0.29, 0.717) is 0 Å². The second-order valence-electron chi connectivity index (χ2n) is 9.26. The van der Waals surface area contributed by atoms with E-state index >= 15 is 0 Å². The summed E-state index contributed by atoms with van der Waals surface area (Å²) in [4.78, 5) is 14.4. The molecule has 1 amide bonds. The van der Waals surface area contributed by atoms with Crippen LogP contribution >= 0.6 is 0 Å². The highest BCUT2D eigenvalue weighted by atomic mass is 16.2. The van der Waals surface area contributed by atoms with E-state index in [9.17, 15) is 4.79 Å². The standard InChI is InChI=1S/C33H30N2O/c1-34(2)35-31(36)33(29-19-11-5-12-20-29,30-21-13-6-14-22-30)32(35,25-23-27-15-7-3-8-16-27)26-24-28-17-9-4-10-18-28/h3-26H,1-2H3/b25-23+,26-24+. The minimum Gasteiger partial charge on any atom is -0.272 e. The van der Waals surface area contributed by atoms with E-state index in [1.54, 1.807) is 0 Å². The Kier molecular flexibility index (Phi) is 6.41. The van der Waals surface area contributed by atoms with Gasteiger partial charge in [0.15, 0.2) is 0 Å². The fourth-order valence-electron chi connectivity index (χ4n) is 5.39. The third-order valence-electron chi connectivity index (χ3n) is 6.94. The van der Waals surface area contributed by atoms with Gasteiger partial charge in [0.1, 0.15) is 11.0 Å². The normalized spacial score (nSPS) is 16.5. The number of benzene rings is 4. The number of carbonyl (C=O) groups excluding carboxylic acids is 1. The van der Waals surface area contributed by atoms with Crippen LogP contribution in [0.1, 0.15) is 22.3 Å². The van der Waals surface area contributed by atoms with Gasteiger partial charge in [0.2, 0.25) is 0 Å². The number of hydrogen-bond acceptors (Lipinski definition) is 2. The van der Waals surface area contributed by atoms with Crippen LogP contribution in [0.3, 0.4) is 0 Å². The summed E-state index contributed by atoms with van der Waals surface area (Å²) in [6, 6.07) is 40.8. The molecule has 3 heteroatoms. The predicted octanol–water partition coefficient (Wildman–Crippen LogP) is 6.46. The van der Waals surface area contributed by atoms with Gasteiger partial charge in [0, 0.05) is 14.1 Å². The molecule has 1 saturated heterocycles. The van der Waals surface area contributed by atoms with Crippen LogP contribution in [0.4, 0.5) is 0 Å². The lowest BCUT2D eigenvalue weighted by Gasteiger charge is -2.64. The molecule has 0 radical (unpaired) electrons. The zero-order chi connectivity index (χ0) is 25.0. The average molecular weight is 471 g/mol. The van der Waals surface area contributed by atoms with E-state index in [0.717, 1.165) is 22.3 Å². The van der Waals surface area contributed by atoms with Crippen molar-refractivity contribution in [2.45, 2.75) is 11.0 Å². The topological polar surface area (TPSA) is 23.6 Å². The zero-order valence-electron chi connectivity index (χ0n) is 20.7. The van der Waals surface area contributed by atoms with E-state index in [1.165, 1.54) is 0 Å². The van der Waals surface area contributed by atoms with Crippen LogP contribution in [0.2, 0.25) is 0 Å². The van der Waals surface area contributed by atoms with Crippen molar-refractivity contribution in [1.29, 1.82) is 0 Å². The van der Waals surface area contributed by atoms with Crippen molar-refractivity contribution < 1.29 is 4.79 Å². The Morgan fingerprint density at radius 1 is 0.583 bits per heavy atom. The summed E-state index contributed by atoms with van der Waals surface area (Å²) in [6.07, 6.45) is 8.62. The van der Waals surface area contributed by atoms with Gasteiger partial charge in [0.25, 0.3) is 5.91 Å². The van der Waals surface area contributed by atoms with Crippen molar-refractivity contribution in [2.75, 3.05) is 14.1 Å². The van der Waals surface area contributed by atoms with Crippen LogP contribution in [0.25, 0.3) is 12.2 Å². The van der Waals surface area contributed by atoms with Gasteiger partial charge in [-0.15, -0.1) is 0 Å². The summed E-state index contributed by atoms with van der Waals surface area (Å²) in [5.41, 5.74) is 2.37. The lowest BCUT2D eigenvalue weighted by molar-refractivity contribution is -0.191. The second kappa shape index (κ2) is 9.80. The maximum absolute atomic E-state index is 14.4. The summed E-state index contributed by atoms with van der Waals surface area (Å²) >= 11 is 0. The Bertz CT molecular complexity index is 1270.